The van der Waals surface area contributed by atoms with E-state index in [-0.39, 0.29) is 5.91 Å². The van der Waals surface area contributed by atoms with Crippen molar-refractivity contribution in [2.75, 3.05) is 24.5 Å². The largest absolute Gasteiger partial charge is 0.370 e. The van der Waals surface area contributed by atoms with Gasteiger partial charge in [-0.05, 0) is 42.5 Å². The number of nitrogens with one attached hydrogen (secondary N) is 1. The van der Waals surface area contributed by atoms with Crippen LogP contribution in [0.2, 0.25) is 5.02 Å². The molecule has 2 atom stereocenters. The lowest BCUT2D eigenvalue weighted by Gasteiger charge is -2.23. The van der Waals surface area contributed by atoms with Gasteiger partial charge in [0.1, 0.15) is 0 Å². The highest BCUT2D eigenvalue weighted by Gasteiger charge is 2.37. The first-order valence-electron chi connectivity index (χ1n) is 7.68. The summed E-state index contributed by atoms with van der Waals surface area (Å²) in [5.41, 5.74) is 3.28. The third-order valence-electron chi connectivity index (χ3n) is 4.90. The van der Waals surface area contributed by atoms with Gasteiger partial charge in [-0.2, -0.15) is 0 Å². The fraction of sp³-hybridized carbons (Fsp3) is 0.412. The molecular weight excluding hydrogens is 298 g/mol. The van der Waals surface area contributed by atoms with Crippen LogP contribution < -0.4 is 10.2 Å². The van der Waals surface area contributed by atoms with E-state index in [1.165, 1.54) is 5.69 Å². The van der Waals surface area contributed by atoms with Crippen LogP contribution in [0, 0.1) is 18.8 Å². The van der Waals surface area contributed by atoms with Crippen LogP contribution in [-0.4, -0.2) is 30.5 Å². The second-order valence-electron chi connectivity index (χ2n) is 6.38. The van der Waals surface area contributed by atoms with Gasteiger partial charge in [0.25, 0.3) is 0 Å². The summed E-state index contributed by atoms with van der Waals surface area (Å²) < 4.78 is 0. The first-order chi connectivity index (χ1) is 10.6. The number of rotatable bonds is 1. The summed E-state index contributed by atoms with van der Waals surface area (Å²) >= 11 is 6.24. The highest BCUT2D eigenvalue weighted by Crippen LogP contribution is 2.36. The van der Waals surface area contributed by atoms with Gasteiger partial charge in [0, 0.05) is 48.3 Å². The molecule has 1 aromatic carbocycles. The first kappa shape index (κ1) is 13.8. The van der Waals surface area contributed by atoms with Crippen molar-refractivity contribution < 1.29 is 4.79 Å². The van der Waals surface area contributed by atoms with E-state index < -0.39 is 0 Å². The lowest BCUT2D eigenvalue weighted by molar-refractivity contribution is -0.124. The zero-order chi connectivity index (χ0) is 15.3. The molecule has 0 radical (unpaired) electrons. The summed E-state index contributed by atoms with van der Waals surface area (Å²) in [4.78, 5) is 18.5. The van der Waals surface area contributed by atoms with Crippen molar-refractivity contribution in [3.8, 4) is 0 Å². The molecule has 2 aliphatic heterocycles. The summed E-state index contributed by atoms with van der Waals surface area (Å²) in [6.07, 6.45) is 2.51. The number of benzene rings is 1. The van der Waals surface area contributed by atoms with Crippen LogP contribution in [0.3, 0.4) is 0 Å². The molecule has 0 spiro atoms. The molecule has 22 heavy (non-hydrogen) atoms. The quantitative estimate of drug-likeness (QED) is 0.880. The smallest absolute Gasteiger partial charge is 0.220 e. The number of halogens is 1. The van der Waals surface area contributed by atoms with Crippen LogP contribution in [0.4, 0.5) is 5.69 Å². The average Bonchev–Trinajstić information content (AvgIpc) is 2.89. The maximum absolute atomic E-state index is 11.6. The maximum atomic E-state index is 11.6. The molecule has 0 bridgehead atoms. The number of fused-ring (bicyclic) bond motifs is 2. The third kappa shape index (κ3) is 2.22. The van der Waals surface area contributed by atoms with Crippen LogP contribution >= 0.6 is 11.6 Å². The van der Waals surface area contributed by atoms with Crippen LogP contribution in [-0.2, 0) is 4.79 Å². The second-order valence-corrected chi connectivity index (χ2v) is 6.82. The average molecular weight is 316 g/mol. The summed E-state index contributed by atoms with van der Waals surface area (Å²) in [7, 11) is 0. The summed E-state index contributed by atoms with van der Waals surface area (Å²) in [5.74, 6) is 1.18. The Labute approximate surface area is 134 Å². The number of hydrogen-bond acceptors (Lipinski definition) is 3. The van der Waals surface area contributed by atoms with Crippen LogP contribution in [0.25, 0.3) is 10.9 Å². The van der Waals surface area contributed by atoms with Crippen molar-refractivity contribution in [3.63, 3.8) is 0 Å². The molecule has 0 saturated carbocycles. The number of amides is 1. The fourth-order valence-electron chi connectivity index (χ4n) is 3.80. The van der Waals surface area contributed by atoms with E-state index in [9.17, 15) is 4.79 Å². The molecule has 2 aromatic rings. The van der Waals surface area contributed by atoms with Gasteiger partial charge in [-0.15, -0.1) is 0 Å². The van der Waals surface area contributed by atoms with Gasteiger partial charge in [-0.3, -0.25) is 9.78 Å². The third-order valence-corrected chi connectivity index (χ3v) is 5.12. The predicted molar refractivity (Wildman–Crippen MR) is 88.3 cm³/mol. The molecule has 0 unspecified atom stereocenters. The lowest BCUT2D eigenvalue weighted by atomic mass is 9.89. The number of aromatic nitrogens is 1. The zero-order valence-electron chi connectivity index (χ0n) is 12.5. The van der Waals surface area contributed by atoms with Crippen LogP contribution in [0.1, 0.15) is 12.0 Å². The number of carbonyl (C=O) groups excluding carboxylic acids is 1. The van der Waals surface area contributed by atoms with Gasteiger partial charge >= 0.3 is 0 Å². The maximum Gasteiger partial charge on any atom is 0.220 e. The molecule has 2 saturated heterocycles. The Balaban J connectivity index is 1.74. The molecule has 1 aromatic heterocycles. The Bertz CT molecular complexity index is 761. The summed E-state index contributed by atoms with van der Waals surface area (Å²) in [6.45, 7) is 4.75. The minimum absolute atomic E-state index is 0.182. The Morgan fingerprint density at radius 3 is 3.00 bits per heavy atom. The number of carbonyl (C=O) groups is 1. The minimum Gasteiger partial charge on any atom is -0.370 e. The van der Waals surface area contributed by atoms with Crippen molar-refractivity contribution in [2.45, 2.75) is 13.3 Å². The van der Waals surface area contributed by atoms with Crippen molar-refractivity contribution in [3.05, 3.63) is 35.0 Å². The van der Waals surface area contributed by atoms with Gasteiger partial charge in [-0.1, -0.05) is 11.6 Å². The normalized spacial score (nSPS) is 24.5. The molecule has 1 N–H and O–H groups in total. The van der Waals surface area contributed by atoms with E-state index in [1.54, 1.807) is 0 Å². The molecule has 5 heteroatoms. The second kappa shape index (κ2) is 5.13. The fourth-order valence-corrected chi connectivity index (χ4v) is 4.08. The van der Waals surface area contributed by atoms with Crippen molar-refractivity contribution >= 4 is 34.1 Å². The standard InChI is InChI=1S/C17H18ClN3O/c1-10-4-13(18)6-14-15(2-3-19-17(10)14)21-8-11-5-16(22)20-7-12(11)9-21/h2-4,6,11-12H,5,7-9H2,1H3,(H,20,22)/t11-,12+/m1/s1. The van der Waals surface area contributed by atoms with E-state index in [0.717, 1.165) is 41.1 Å². The van der Waals surface area contributed by atoms with Gasteiger partial charge in [0.15, 0.2) is 0 Å². The topological polar surface area (TPSA) is 45.2 Å². The number of hydrogen-bond donors (Lipinski definition) is 1. The monoisotopic (exact) mass is 315 g/mol. The molecule has 114 valence electrons. The van der Waals surface area contributed by atoms with Gasteiger partial charge in [-0.25, -0.2) is 0 Å². The zero-order valence-corrected chi connectivity index (χ0v) is 13.2. The number of anilines is 1. The Morgan fingerprint density at radius 2 is 2.14 bits per heavy atom. The van der Waals surface area contributed by atoms with Gasteiger partial charge in [0.2, 0.25) is 5.91 Å². The molecular formula is C17H18ClN3O. The van der Waals surface area contributed by atoms with E-state index in [1.807, 2.05) is 25.3 Å². The highest BCUT2D eigenvalue weighted by molar-refractivity contribution is 6.31. The van der Waals surface area contributed by atoms with Crippen molar-refractivity contribution in [1.82, 2.24) is 10.3 Å². The van der Waals surface area contributed by atoms with Crippen LogP contribution in [0.15, 0.2) is 24.4 Å². The summed E-state index contributed by atoms with van der Waals surface area (Å²) in [5, 5.41) is 4.83. The van der Waals surface area contributed by atoms with E-state index in [4.69, 9.17) is 11.6 Å². The Hall–Kier alpha value is -1.81. The number of piperidine rings is 1. The summed E-state index contributed by atoms with van der Waals surface area (Å²) in [6, 6.07) is 6.01. The SMILES string of the molecule is Cc1cc(Cl)cc2c(N3C[C@H]4CC(=O)NC[C@H]4C3)ccnc12. The number of nitrogens with zero attached hydrogens (tertiary/aromatic N) is 2. The van der Waals surface area contributed by atoms with Crippen molar-refractivity contribution in [2.24, 2.45) is 11.8 Å². The van der Waals surface area contributed by atoms with Crippen LogP contribution in [0.5, 0.6) is 0 Å². The van der Waals surface area contributed by atoms with E-state index in [0.29, 0.717) is 18.3 Å². The molecule has 3 heterocycles. The molecule has 2 fully saturated rings. The Morgan fingerprint density at radius 1 is 1.32 bits per heavy atom. The molecule has 4 nitrogen and oxygen atoms in total. The predicted octanol–water partition coefficient (Wildman–Crippen LogP) is 2.77. The molecule has 2 aliphatic rings. The lowest BCUT2D eigenvalue weighted by Crippen LogP contribution is -2.39. The number of aryl methyl sites for hydroxylation is 1. The Kier molecular flexibility index (Phi) is 3.22. The van der Waals surface area contributed by atoms with E-state index in [2.05, 4.69) is 21.3 Å². The van der Waals surface area contributed by atoms with E-state index >= 15 is 0 Å². The minimum atomic E-state index is 0.182. The van der Waals surface area contributed by atoms with Crippen molar-refractivity contribution in [1.29, 1.82) is 0 Å². The molecule has 4 rings (SSSR count). The highest BCUT2D eigenvalue weighted by atomic mass is 35.5. The number of pyridine rings is 1. The van der Waals surface area contributed by atoms with Gasteiger partial charge < -0.3 is 10.2 Å². The first-order valence-corrected chi connectivity index (χ1v) is 8.06. The van der Waals surface area contributed by atoms with Gasteiger partial charge in [0.05, 0.1) is 5.52 Å². The molecule has 0 aliphatic carbocycles. The molecule has 1 amide bonds.